The van der Waals surface area contributed by atoms with Crippen molar-refractivity contribution < 1.29 is 28.5 Å². The van der Waals surface area contributed by atoms with Crippen LogP contribution in [0.4, 0.5) is 11.4 Å². The van der Waals surface area contributed by atoms with Crippen LogP contribution >= 0.6 is 21.6 Å². The summed E-state index contributed by atoms with van der Waals surface area (Å²) in [5.41, 5.74) is 22.3. The van der Waals surface area contributed by atoms with Gasteiger partial charge in [0.25, 0.3) is 0 Å². The van der Waals surface area contributed by atoms with Crippen LogP contribution in [0, 0.1) is 0 Å². The molecule has 414 valence electrons. The number of hydrogen-bond acceptors (Lipinski definition) is 11. The molecule has 1 atom stereocenters. The second-order valence-corrected chi connectivity index (χ2v) is 27.1. The number of carbonyl (C=O) groups is 2. The molecule has 0 N–H and O–H groups in total. The Labute approximate surface area is 483 Å². The predicted molar refractivity (Wildman–Crippen MR) is 324 cm³/mol. The van der Waals surface area contributed by atoms with Gasteiger partial charge in [0.05, 0.1) is 22.2 Å². The van der Waals surface area contributed by atoms with Gasteiger partial charge in [-0.15, -0.1) is 0 Å². The number of allylic oxidation sites excluding steroid dienone is 1. The van der Waals surface area contributed by atoms with Crippen molar-refractivity contribution in [3.8, 4) is 17.2 Å². The lowest BCUT2D eigenvalue weighted by molar-refractivity contribution is 0.0520. The van der Waals surface area contributed by atoms with Crippen LogP contribution < -0.4 is 34.4 Å². The van der Waals surface area contributed by atoms with Crippen LogP contribution in [0.5, 0.6) is 17.2 Å². The number of ether oxygens (including phenoxy) is 4. The Hall–Kier alpha value is -6.21. The highest BCUT2D eigenvalue weighted by molar-refractivity contribution is 8.76. The molecule has 1 unspecified atom stereocenters. The summed E-state index contributed by atoms with van der Waals surface area (Å²) in [7, 11) is 3.28. The molecule has 12 heteroatoms. The van der Waals surface area contributed by atoms with E-state index in [-0.39, 0.29) is 30.7 Å². The fourth-order valence-corrected chi connectivity index (χ4v) is 18.3. The largest absolute Gasteiger partial charge is 0.461 e. The second-order valence-electron chi connectivity index (χ2n) is 24.4. The first-order chi connectivity index (χ1) is 39.9. The van der Waals surface area contributed by atoms with Gasteiger partial charge >= 0.3 is 11.9 Å². The smallest absolute Gasteiger partial charge is 0.338 e. The van der Waals surface area contributed by atoms with E-state index in [9.17, 15) is 9.59 Å². The molecular formula is C69H71N4O6S2+. The number of benzene rings is 5. The summed E-state index contributed by atoms with van der Waals surface area (Å²) in [5, 5.41) is 2.50. The van der Waals surface area contributed by atoms with Crippen LogP contribution in [0.2, 0.25) is 0 Å². The van der Waals surface area contributed by atoms with Gasteiger partial charge in [-0.3, -0.25) is 4.90 Å². The van der Waals surface area contributed by atoms with E-state index in [1.165, 1.54) is 61.3 Å². The maximum Gasteiger partial charge on any atom is 0.338 e. The molecule has 1 aliphatic carbocycles. The normalized spacial score (nSPS) is 21.7. The van der Waals surface area contributed by atoms with Crippen LogP contribution in [0.15, 0.2) is 95.3 Å². The quantitative estimate of drug-likeness (QED) is 0.0538. The molecule has 0 bridgehead atoms. The van der Waals surface area contributed by atoms with E-state index in [2.05, 4.69) is 74.7 Å². The zero-order valence-corrected chi connectivity index (χ0v) is 48.4. The summed E-state index contributed by atoms with van der Waals surface area (Å²) in [5.74, 6) is 4.57. The maximum atomic E-state index is 14.5. The van der Waals surface area contributed by atoms with Crippen LogP contribution in [-0.2, 0) is 48.0 Å². The third-order valence-electron chi connectivity index (χ3n) is 20.0. The number of rotatable bonds is 11. The minimum Gasteiger partial charge on any atom is -0.461 e. The van der Waals surface area contributed by atoms with E-state index in [0.29, 0.717) is 22.6 Å². The molecule has 2 saturated heterocycles. The van der Waals surface area contributed by atoms with Gasteiger partial charge in [-0.1, -0.05) is 58.0 Å². The number of carbonyl (C=O) groups excluding carboxylic acids is 2. The molecule has 0 aromatic heterocycles. The van der Waals surface area contributed by atoms with Crippen molar-refractivity contribution in [1.29, 1.82) is 0 Å². The lowest BCUT2D eigenvalue weighted by Gasteiger charge is -2.54. The highest BCUT2D eigenvalue weighted by Gasteiger charge is 2.50. The third kappa shape index (κ3) is 8.09. The number of aryl methyl sites for hydroxylation is 3. The van der Waals surface area contributed by atoms with Gasteiger partial charge in [0.1, 0.15) is 49.3 Å². The first kappa shape index (κ1) is 50.5. The van der Waals surface area contributed by atoms with Gasteiger partial charge in [-0.25, -0.2) is 14.2 Å². The van der Waals surface area contributed by atoms with E-state index < -0.39 is 0 Å². The van der Waals surface area contributed by atoms with Crippen LogP contribution in [0.3, 0.4) is 0 Å². The standard InChI is InChI=1S/C69H71N4O6S2/c1-69-45-17-9-32-73(69)33-13-25-57(69)66-56(41-45)59(55-40-44-16-8-28-72-31-12-24-52(62(44)72)65(55)79-66)47-19-3-5-21-49(47)68(75)77-35-37-81-80-36-34-76-67(74)48-20-4-2-18-46(48)58-53-38-42-14-6-26-70-29-10-22-50(60(42)70)63(53)78-64-51-23-11-30-71-27-7-15-43(61(51)71)39-54(58)64/h2-5,18-21,38-41H,6-17,22-37H2,1H3/q+1. The predicted octanol–water partition coefficient (Wildman–Crippen LogP) is 11.3. The summed E-state index contributed by atoms with van der Waals surface area (Å²) in [4.78, 5) is 36.8. The first-order valence-corrected chi connectivity index (χ1v) is 33.2. The van der Waals surface area contributed by atoms with Crippen molar-refractivity contribution in [3.05, 3.63) is 173 Å². The van der Waals surface area contributed by atoms with Gasteiger partial charge in [-0.2, -0.15) is 0 Å². The Morgan fingerprint density at radius 1 is 0.568 bits per heavy atom. The number of hydrogen-bond donors (Lipinski definition) is 0. The molecule has 0 amide bonds. The molecule has 81 heavy (non-hydrogen) atoms. The molecule has 5 aromatic rings. The van der Waals surface area contributed by atoms with E-state index in [1.54, 1.807) is 21.6 Å². The molecule has 16 rings (SSSR count). The first-order valence-electron chi connectivity index (χ1n) is 30.7. The Balaban J connectivity index is 0.636. The minimum absolute atomic E-state index is 0.141. The van der Waals surface area contributed by atoms with Crippen molar-refractivity contribution in [2.24, 2.45) is 0 Å². The molecule has 0 spiro atoms. The van der Waals surface area contributed by atoms with E-state index in [4.69, 9.17) is 18.9 Å². The summed E-state index contributed by atoms with van der Waals surface area (Å²) < 4.78 is 29.6. The van der Waals surface area contributed by atoms with E-state index in [0.717, 1.165) is 222 Å². The monoisotopic (exact) mass is 1120 g/mol. The fourth-order valence-electron chi connectivity index (χ4n) is 16.6. The SMILES string of the molecule is CC12C3=CC4=C(c5ccccc5C(=O)OCCSSCCOC(=O)c5ccccc5C5=c6cc7c8c(c6Oc6c5cc5c9c6CCCN9CCC5)CCC[N+]=8CCC7)c5cc6c7c(c5OC4=C1CCCN2CCC3)CCCN7CCC6. The number of fused-ring (bicyclic) bond motifs is 7. The van der Waals surface area contributed by atoms with Gasteiger partial charge in [0.15, 0.2) is 0 Å². The van der Waals surface area contributed by atoms with Crippen molar-refractivity contribution in [3.63, 3.8) is 0 Å². The lowest BCUT2D eigenvalue weighted by atomic mass is 9.67. The van der Waals surface area contributed by atoms with Crippen molar-refractivity contribution in [2.45, 2.75) is 115 Å². The molecule has 10 aliphatic heterocycles. The highest BCUT2D eigenvalue weighted by atomic mass is 33.1. The molecule has 5 aromatic carbocycles. The van der Waals surface area contributed by atoms with E-state index >= 15 is 0 Å². The minimum atomic E-state index is -0.312. The Morgan fingerprint density at radius 2 is 1.11 bits per heavy atom. The van der Waals surface area contributed by atoms with Gasteiger partial charge in [-0.05, 0) is 180 Å². The summed E-state index contributed by atoms with van der Waals surface area (Å²) >= 11 is 0. The summed E-state index contributed by atoms with van der Waals surface area (Å²) in [6, 6.07) is 23.4. The number of anilines is 2. The van der Waals surface area contributed by atoms with Crippen molar-refractivity contribution in [1.82, 2.24) is 9.48 Å². The Kier molecular flexibility index (Phi) is 12.7. The van der Waals surface area contributed by atoms with Crippen LogP contribution in [0.1, 0.15) is 147 Å². The zero-order chi connectivity index (χ0) is 53.9. The topological polar surface area (TPSA) is 83.8 Å². The number of nitrogens with zero attached hydrogens (tertiary/aromatic N) is 4. The average molecular weight is 1120 g/mol. The molecule has 10 nitrogen and oxygen atoms in total. The molecule has 0 radical (unpaired) electrons. The third-order valence-corrected chi connectivity index (χ3v) is 22.4. The molecule has 2 fully saturated rings. The number of esters is 2. The van der Waals surface area contributed by atoms with Gasteiger partial charge < -0.3 is 28.7 Å². The Bertz CT molecular complexity index is 3790. The van der Waals surface area contributed by atoms with Gasteiger partial charge in [0.2, 0.25) is 5.36 Å². The van der Waals surface area contributed by atoms with Crippen LogP contribution in [0.25, 0.3) is 11.1 Å². The van der Waals surface area contributed by atoms with E-state index in [1.807, 2.05) is 24.3 Å². The average Bonchev–Trinajstić information content (AvgIpc) is 3.54. The number of piperidine rings is 2. The molecule has 11 aliphatic rings. The second kappa shape index (κ2) is 20.3. The molecule has 10 heterocycles. The van der Waals surface area contributed by atoms with Crippen molar-refractivity contribution >= 4 is 56.0 Å². The lowest BCUT2D eigenvalue weighted by Crippen LogP contribution is -2.56. The molecule has 0 saturated carbocycles. The summed E-state index contributed by atoms with van der Waals surface area (Å²) in [6.07, 6.45) is 19.7. The zero-order valence-electron chi connectivity index (χ0n) is 46.8. The summed E-state index contributed by atoms with van der Waals surface area (Å²) in [6.45, 7) is 11.8. The van der Waals surface area contributed by atoms with Gasteiger partial charge in [0, 0.05) is 112 Å². The van der Waals surface area contributed by atoms with Crippen molar-refractivity contribution in [2.75, 3.05) is 86.9 Å². The molecular weight excluding hydrogens is 1040 g/mol. The van der Waals surface area contributed by atoms with Crippen LogP contribution in [-0.4, -0.2) is 99.5 Å². The fraction of sp³-hybridized carbons (Fsp3) is 0.435. The maximum absolute atomic E-state index is 14.5. The highest BCUT2D eigenvalue weighted by Crippen LogP contribution is 2.57. The Morgan fingerprint density at radius 3 is 1.78 bits per heavy atom.